The molecule has 1 rings (SSSR count). The summed E-state index contributed by atoms with van der Waals surface area (Å²) >= 11 is 0. The smallest absolute Gasteiger partial charge is 0.338 e. The average molecular weight is 219 g/mol. The molecule has 1 aromatic rings. The van der Waals surface area contributed by atoms with Gasteiger partial charge in [-0.3, -0.25) is 0 Å². The maximum absolute atomic E-state index is 10.6. The summed E-state index contributed by atoms with van der Waals surface area (Å²) in [6.45, 7) is 3.95. The molecule has 0 saturated carbocycles. The van der Waals surface area contributed by atoms with Crippen molar-refractivity contribution < 1.29 is 9.90 Å². The molecule has 0 aliphatic heterocycles. The number of aromatic carboxylic acids is 1. The number of nitrogens with one attached hydrogen (secondary N) is 1. The number of carboxylic acids is 1. The highest BCUT2D eigenvalue weighted by Crippen LogP contribution is 2.07. The van der Waals surface area contributed by atoms with Crippen molar-refractivity contribution in [2.75, 3.05) is 5.32 Å². The normalized spacial score (nSPS) is 11.9. The molecular weight excluding hydrogens is 206 g/mol. The predicted octanol–water partition coefficient (Wildman–Crippen LogP) is 1.24. The van der Waals surface area contributed by atoms with E-state index in [0.717, 1.165) is 0 Å². The SMILES string of the molecule is C#CC(Nc1ncc(C(=O)O)cn1)C(C)C. The van der Waals surface area contributed by atoms with Gasteiger partial charge in [0, 0.05) is 12.4 Å². The fourth-order valence-corrected chi connectivity index (χ4v) is 1.05. The van der Waals surface area contributed by atoms with Crippen molar-refractivity contribution in [3.63, 3.8) is 0 Å². The molecule has 5 nitrogen and oxygen atoms in total. The van der Waals surface area contributed by atoms with Gasteiger partial charge in [-0.1, -0.05) is 19.8 Å². The Morgan fingerprint density at radius 1 is 1.50 bits per heavy atom. The van der Waals surface area contributed by atoms with E-state index in [1.54, 1.807) is 0 Å². The lowest BCUT2D eigenvalue weighted by Crippen LogP contribution is -2.24. The zero-order chi connectivity index (χ0) is 12.1. The first kappa shape index (κ1) is 12.0. The molecule has 0 radical (unpaired) electrons. The summed E-state index contributed by atoms with van der Waals surface area (Å²) in [5.74, 6) is 2.11. The molecule has 0 amide bonds. The minimum Gasteiger partial charge on any atom is -0.478 e. The molecule has 0 aromatic carbocycles. The van der Waals surface area contributed by atoms with Gasteiger partial charge in [-0.2, -0.15) is 0 Å². The first-order chi connectivity index (χ1) is 7.54. The van der Waals surface area contributed by atoms with E-state index in [2.05, 4.69) is 21.2 Å². The summed E-state index contributed by atoms with van der Waals surface area (Å²) in [4.78, 5) is 18.3. The average Bonchev–Trinajstić information content (AvgIpc) is 2.26. The maximum Gasteiger partial charge on any atom is 0.338 e. The van der Waals surface area contributed by atoms with Gasteiger partial charge >= 0.3 is 5.97 Å². The van der Waals surface area contributed by atoms with Gasteiger partial charge in [-0.05, 0) is 5.92 Å². The first-order valence-corrected chi connectivity index (χ1v) is 4.82. The number of hydrogen-bond donors (Lipinski definition) is 2. The topological polar surface area (TPSA) is 75.1 Å². The Morgan fingerprint density at radius 2 is 2.06 bits per heavy atom. The summed E-state index contributed by atoms with van der Waals surface area (Å²) in [5.41, 5.74) is 0.0485. The van der Waals surface area contributed by atoms with Crippen LogP contribution in [0.15, 0.2) is 12.4 Å². The quantitative estimate of drug-likeness (QED) is 0.745. The Hall–Kier alpha value is -2.09. The molecule has 84 valence electrons. The van der Waals surface area contributed by atoms with E-state index in [-0.39, 0.29) is 17.5 Å². The van der Waals surface area contributed by atoms with E-state index in [1.165, 1.54) is 12.4 Å². The lowest BCUT2D eigenvalue weighted by Gasteiger charge is -2.16. The first-order valence-electron chi connectivity index (χ1n) is 4.82. The van der Waals surface area contributed by atoms with Crippen LogP contribution < -0.4 is 5.32 Å². The van der Waals surface area contributed by atoms with Crippen molar-refractivity contribution >= 4 is 11.9 Å². The van der Waals surface area contributed by atoms with E-state index in [4.69, 9.17) is 11.5 Å². The number of anilines is 1. The molecule has 0 aliphatic carbocycles. The van der Waals surface area contributed by atoms with Gasteiger partial charge in [0.1, 0.15) is 0 Å². The van der Waals surface area contributed by atoms with Gasteiger partial charge in [0.15, 0.2) is 0 Å². The van der Waals surface area contributed by atoms with Crippen molar-refractivity contribution in [3.05, 3.63) is 18.0 Å². The third-order valence-electron chi connectivity index (χ3n) is 2.03. The van der Waals surface area contributed by atoms with E-state index in [1.807, 2.05) is 13.8 Å². The molecule has 0 spiro atoms. The second-order valence-corrected chi connectivity index (χ2v) is 3.63. The Labute approximate surface area is 93.9 Å². The van der Waals surface area contributed by atoms with Gasteiger partial charge < -0.3 is 10.4 Å². The van der Waals surface area contributed by atoms with Gasteiger partial charge in [-0.15, -0.1) is 6.42 Å². The fraction of sp³-hybridized carbons (Fsp3) is 0.364. The van der Waals surface area contributed by atoms with E-state index < -0.39 is 5.97 Å². The van der Waals surface area contributed by atoms with Gasteiger partial charge in [-0.25, -0.2) is 14.8 Å². The Balaban J connectivity index is 2.76. The molecule has 16 heavy (non-hydrogen) atoms. The maximum atomic E-state index is 10.6. The summed E-state index contributed by atoms with van der Waals surface area (Å²) in [6.07, 6.45) is 7.82. The van der Waals surface area contributed by atoms with E-state index >= 15 is 0 Å². The molecule has 2 N–H and O–H groups in total. The molecule has 0 fully saturated rings. The van der Waals surface area contributed by atoms with Crippen LogP contribution in [0.3, 0.4) is 0 Å². The molecule has 0 bridgehead atoms. The molecule has 1 aromatic heterocycles. The largest absolute Gasteiger partial charge is 0.478 e. The number of rotatable bonds is 4. The number of terminal acetylenes is 1. The highest BCUT2D eigenvalue weighted by molar-refractivity contribution is 5.86. The lowest BCUT2D eigenvalue weighted by molar-refractivity contribution is 0.0696. The highest BCUT2D eigenvalue weighted by Gasteiger charge is 2.11. The van der Waals surface area contributed by atoms with Crippen LogP contribution in [-0.4, -0.2) is 27.1 Å². The zero-order valence-corrected chi connectivity index (χ0v) is 9.14. The minimum atomic E-state index is -1.05. The van der Waals surface area contributed by atoms with Crippen molar-refractivity contribution in [2.24, 2.45) is 5.92 Å². The van der Waals surface area contributed by atoms with E-state index in [9.17, 15) is 4.79 Å². The van der Waals surface area contributed by atoms with Crippen LogP contribution in [0.4, 0.5) is 5.95 Å². The molecule has 1 atom stereocenters. The van der Waals surface area contributed by atoms with Gasteiger partial charge in [0.25, 0.3) is 0 Å². The Morgan fingerprint density at radius 3 is 2.44 bits per heavy atom. The van der Waals surface area contributed by atoms with Gasteiger partial charge in [0.05, 0.1) is 11.6 Å². The summed E-state index contributed by atoms with van der Waals surface area (Å²) in [7, 11) is 0. The Kier molecular flexibility index (Phi) is 3.84. The van der Waals surface area contributed by atoms with Crippen LogP contribution in [0.2, 0.25) is 0 Å². The Bertz CT molecular complexity index is 406. The highest BCUT2D eigenvalue weighted by atomic mass is 16.4. The van der Waals surface area contributed by atoms with Crippen LogP contribution in [0.25, 0.3) is 0 Å². The number of carbonyl (C=O) groups is 1. The van der Waals surface area contributed by atoms with Crippen molar-refractivity contribution in [1.29, 1.82) is 0 Å². The second kappa shape index (κ2) is 5.12. The van der Waals surface area contributed by atoms with Crippen LogP contribution in [-0.2, 0) is 0 Å². The van der Waals surface area contributed by atoms with Crippen molar-refractivity contribution in [3.8, 4) is 12.3 Å². The van der Waals surface area contributed by atoms with Crippen LogP contribution >= 0.6 is 0 Å². The number of carboxylic acid groups (broad SMARTS) is 1. The molecular formula is C11H13N3O2. The lowest BCUT2D eigenvalue weighted by atomic mass is 10.1. The van der Waals surface area contributed by atoms with Crippen molar-refractivity contribution in [2.45, 2.75) is 19.9 Å². The third-order valence-corrected chi connectivity index (χ3v) is 2.03. The number of hydrogen-bond acceptors (Lipinski definition) is 4. The summed E-state index contributed by atoms with van der Waals surface area (Å²) in [5, 5.41) is 11.6. The molecule has 5 heteroatoms. The minimum absolute atomic E-state index is 0.0485. The van der Waals surface area contributed by atoms with Crippen LogP contribution in [0.1, 0.15) is 24.2 Å². The van der Waals surface area contributed by atoms with Crippen molar-refractivity contribution in [1.82, 2.24) is 9.97 Å². The monoisotopic (exact) mass is 219 g/mol. The standard InChI is InChI=1S/C11H13N3O2/c1-4-9(7(2)3)14-11-12-5-8(6-13-11)10(15)16/h1,5-7,9H,2-3H3,(H,15,16)(H,12,13,14). The van der Waals surface area contributed by atoms with E-state index in [0.29, 0.717) is 5.95 Å². The molecule has 0 saturated heterocycles. The fourth-order valence-electron chi connectivity index (χ4n) is 1.05. The zero-order valence-electron chi connectivity index (χ0n) is 9.14. The number of aromatic nitrogens is 2. The molecule has 0 aliphatic rings. The van der Waals surface area contributed by atoms with Gasteiger partial charge in [0.2, 0.25) is 5.95 Å². The van der Waals surface area contributed by atoms with Crippen LogP contribution in [0, 0.1) is 18.3 Å². The third kappa shape index (κ3) is 2.95. The second-order valence-electron chi connectivity index (χ2n) is 3.63. The molecule has 1 heterocycles. The summed E-state index contributed by atoms with van der Waals surface area (Å²) in [6, 6.07) is -0.171. The van der Waals surface area contributed by atoms with Crippen LogP contribution in [0.5, 0.6) is 0 Å². The predicted molar refractivity (Wildman–Crippen MR) is 60.1 cm³/mol. The molecule has 1 unspecified atom stereocenters. The number of nitrogens with zero attached hydrogens (tertiary/aromatic N) is 2. The summed E-state index contributed by atoms with van der Waals surface area (Å²) < 4.78 is 0.